The summed E-state index contributed by atoms with van der Waals surface area (Å²) in [4.78, 5) is 1.32. The first-order chi connectivity index (χ1) is 7.40. The summed E-state index contributed by atoms with van der Waals surface area (Å²) in [5, 5.41) is 3.55. The van der Waals surface area contributed by atoms with Crippen molar-refractivity contribution in [2.45, 2.75) is 4.43 Å². The molecule has 0 aliphatic carbocycles. The van der Waals surface area contributed by atoms with Crippen molar-refractivity contribution >= 4 is 49.7 Å². The summed E-state index contributed by atoms with van der Waals surface area (Å²) >= 11 is 4.23. The molecule has 0 N–H and O–H groups in total. The Morgan fingerprint density at radius 3 is 2.87 bits per heavy atom. The van der Waals surface area contributed by atoms with Gasteiger partial charge in [0, 0.05) is 17.5 Å². The normalized spacial score (nSPS) is 11.3. The third kappa shape index (κ3) is 1.45. The van der Waals surface area contributed by atoms with Crippen LogP contribution in [-0.4, -0.2) is 0 Å². The highest BCUT2D eigenvalue weighted by Crippen LogP contribution is 2.17. The summed E-state index contributed by atoms with van der Waals surface area (Å²) in [6.07, 6.45) is 0. The molecule has 0 unspecified atom stereocenters. The van der Waals surface area contributed by atoms with Gasteiger partial charge in [0.05, 0.1) is 9.81 Å². The summed E-state index contributed by atoms with van der Waals surface area (Å²) in [5.41, 5.74) is 2.69. The summed E-state index contributed by atoms with van der Waals surface area (Å²) in [6.45, 7) is 0. The number of hydrogen-bond donors (Lipinski definition) is 0. The lowest BCUT2D eigenvalue weighted by molar-refractivity contribution is -0.485. The molecule has 0 aliphatic rings. The highest BCUT2D eigenvalue weighted by molar-refractivity contribution is 14.1. The van der Waals surface area contributed by atoms with E-state index in [4.69, 9.17) is 0 Å². The van der Waals surface area contributed by atoms with Gasteiger partial charge in [-0.3, -0.25) is 0 Å². The van der Waals surface area contributed by atoms with Crippen molar-refractivity contribution < 1.29 is 4.40 Å². The highest BCUT2D eigenvalue weighted by atomic mass is 127. The summed E-state index contributed by atoms with van der Waals surface area (Å²) < 4.78 is 3.41. The van der Waals surface area contributed by atoms with E-state index in [0.717, 1.165) is 4.43 Å². The van der Waals surface area contributed by atoms with Crippen LogP contribution in [0.5, 0.6) is 0 Å². The van der Waals surface area contributed by atoms with Gasteiger partial charge in [0.1, 0.15) is 0 Å². The molecule has 0 bridgehead atoms. The molecular formula is C12H9INS+. The molecule has 0 fully saturated rings. The number of benzene rings is 1. The Labute approximate surface area is 106 Å². The van der Waals surface area contributed by atoms with Gasteiger partial charge in [0.2, 0.25) is 11.2 Å². The molecule has 74 valence electrons. The fourth-order valence-electron chi connectivity index (χ4n) is 1.85. The van der Waals surface area contributed by atoms with Gasteiger partial charge in [-0.05, 0) is 12.1 Å². The van der Waals surface area contributed by atoms with Gasteiger partial charge in [-0.25, -0.2) is 0 Å². The van der Waals surface area contributed by atoms with Crippen LogP contribution in [0.1, 0.15) is 5.69 Å². The minimum absolute atomic E-state index is 1.05. The largest absolute Gasteiger partial charge is 0.267 e. The standard InChI is InChI=1S/C12H9INS/c13-7-10-8-15-12-6-5-9-3-1-2-4-11(9)14(10)12/h1-6,8H,7H2/q+1. The zero-order valence-corrected chi connectivity index (χ0v) is 11.0. The van der Waals surface area contributed by atoms with Crippen molar-refractivity contribution in [3.63, 3.8) is 0 Å². The third-order valence-corrected chi connectivity index (χ3v) is 4.27. The Balaban J connectivity index is 2.56. The lowest BCUT2D eigenvalue weighted by Crippen LogP contribution is -2.24. The van der Waals surface area contributed by atoms with E-state index in [2.05, 4.69) is 68.8 Å². The number of pyridine rings is 1. The SMILES string of the molecule is ICc1csc2ccc3ccccc3[n+]12. The second kappa shape index (κ2) is 3.72. The van der Waals surface area contributed by atoms with Crippen molar-refractivity contribution in [1.29, 1.82) is 0 Å². The molecule has 3 heteroatoms. The van der Waals surface area contributed by atoms with E-state index in [-0.39, 0.29) is 0 Å². The number of fused-ring (bicyclic) bond motifs is 3. The molecule has 1 nitrogen and oxygen atoms in total. The van der Waals surface area contributed by atoms with Crippen LogP contribution in [-0.2, 0) is 4.43 Å². The van der Waals surface area contributed by atoms with Gasteiger partial charge >= 0.3 is 0 Å². The van der Waals surface area contributed by atoms with Crippen LogP contribution in [0.4, 0.5) is 0 Å². The maximum atomic E-state index is 2.42. The molecule has 3 aromatic rings. The first-order valence-electron chi connectivity index (χ1n) is 4.76. The van der Waals surface area contributed by atoms with Gasteiger partial charge in [-0.1, -0.05) is 46.1 Å². The predicted octanol–water partition coefficient (Wildman–Crippen LogP) is 3.58. The fourth-order valence-corrected chi connectivity index (χ4v) is 3.62. The molecule has 1 aromatic carbocycles. The van der Waals surface area contributed by atoms with E-state index in [9.17, 15) is 0 Å². The third-order valence-electron chi connectivity index (χ3n) is 2.54. The van der Waals surface area contributed by atoms with E-state index < -0.39 is 0 Å². The summed E-state index contributed by atoms with van der Waals surface area (Å²) in [5.74, 6) is 0. The molecule has 0 spiro atoms. The average molecular weight is 326 g/mol. The van der Waals surface area contributed by atoms with E-state index in [1.54, 1.807) is 0 Å². The number of thiazole rings is 1. The van der Waals surface area contributed by atoms with E-state index in [1.807, 2.05) is 11.3 Å². The van der Waals surface area contributed by atoms with Crippen LogP contribution in [0.2, 0.25) is 0 Å². The first-order valence-corrected chi connectivity index (χ1v) is 7.16. The molecule has 0 radical (unpaired) electrons. The minimum Gasteiger partial charge on any atom is -0.147 e. The Kier molecular flexibility index (Phi) is 2.36. The molecular weight excluding hydrogens is 317 g/mol. The number of aromatic nitrogens is 1. The molecule has 15 heavy (non-hydrogen) atoms. The quantitative estimate of drug-likeness (QED) is 0.366. The monoisotopic (exact) mass is 326 g/mol. The number of hydrogen-bond acceptors (Lipinski definition) is 1. The fraction of sp³-hybridized carbons (Fsp3) is 0.0833. The summed E-state index contributed by atoms with van der Waals surface area (Å²) in [6, 6.07) is 12.9. The maximum absolute atomic E-state index is 2.42. The van der Waals surface area contributed by atoms with Crippen LogP contribution in [0.15, 0.2) is 41.8 Å². The zero-order valence-electron chi connectivity index (χ0n) is 7.98. The van der Waals surface area contributed by atoms with Gasteiger partial charge < -0.3 is 0 Å². The van der Waals surface area contributed by atoms with Gasteiger partial charge in [-0.15, -0.1) is 4.40 Å². The lowest BCUT2D eigenvalue weighted by Gasteiger charge is -1.94. The number of alkyl halides is 1. The predicted molar refractivity (Wildman–Crippen MR) is 72.7 cm³/mol. The maximum Gasteiger partial charge on any atom is 0.267 e. The first kappa shape index (κ1) is 9.54. The van der Waals surface area contributed by atoms with Gasteiger partial charge in [0.15, 0.2) is 0 Å². The van der Waals surface area contributed by atoms with Crippen LogP contribution in [0, 0.1) is 0 Å². The molecule has 2 aromatic heterocycles. The molecule has 0 saturated heterocycles. The number of halogens is 1. The van der Waals surface area contributed by atoms with E-state index in [1.165, 1.54) is 21.4 Å². The lowest BCUT2D eigenvalue weighted by atomic mass is 10.2. The van der Waals surface area contributed by atoms with Crippen molar-refractivity contribution in [2.75, 3.05) is 0 Å². The zero-order chi connectivity index (χ0) is 10.3. The molecule has 0 atom stereocenters. The van der Waals surface area contributed by atoms with E-state index in [0.29, 0.717) is 0 Å². The second-order valence-corrected chi connectivity index (χ2v) is 5.08. The number of para-hydroxylation sites is 1. The number of nitrogens with zero attached hydrogens (tertiary/aromatic N) is 1. The van der Waals surface area contributed by atoms with Crippen molar-refractivity contribution in [3.8, 4) is 0 Å². The second-order valence-electron chi connectivity index (χ2n) is 3.43. The van der Waals surface area contributed by atoms with Crippen LogP contribution in [0.3, 0.4) is 0 Å². The van der Waals surface area contributed by atoms with Gasteiger partial charge in [0.25, 0.3) is 4.83 Å². The Bertz CT molecular complexity index is 630. The molecule has 0 amide bonds. The summed E-state index contributed by atoms with van der Waals surface area (Å²) in [7, 11) is 0. The highest BCUT2D eigenvalue weighted by Gasteiger charge is 2.15. The average Bonchev–Trinajstić information content (AvgIpc) is 2.72. The van der Waals surface area contributed by atoms with Crippen molar-refractivity contribution in [3.05, 3.63) is 47.5 Å². The molecule has 0 aliphatic heterocycles. The smallest absolute Gasteiger partial charge is 0.147 e. The van der Waals surface area contributed by atoms with Crippen LogP contribution < -0.4 is 4.40 Å². The van der Waals surface area contributed by atoms with Crippen molar-refractivity contribution in [1.82, 2.24) is 0 Å². The Morgan fingerprint density at radius 1 is 1.13 bits per heavy atom. The Hall–Kier alpha value is -0.680. The minimum atomic E-state index is 1.05. The topological polar surface area (TPSA) is 4.10 Å². The van der Waals surface area contributed by atoms with Gasteiger partial charge in [-0.2, -0.15) is 0 Å². The molecule has 3 rings (SSSR count). The Morgan fingerprint density at radius 2 is 2.00 bits per heavy atom. The van der Waals surface area contributed by atoms with Crippen molar-refractivity contribution in [2.24, 2.45) is 0 Å². The van der Waals surface area contributed by atoms with E-state index >= 15 is 0 Å². The van der Waals surface area contributed by atoms with Crippen LogP contribution in [0.25, 0.3) is 15.7 Å². The number of rotatable bonds is 1. The van der Waals surface area contributed by atoms with Crippen LogP contribution >= 0.6 is 33.9 Å². The molecule has 2 heterocycles. The molecule has 0 saturated carbocycles.